The third-order valence-corrected chi connectivity index (χ3v) is 3.42. The number of hydrogen-bond acceptors (Lipinski definition) is 2. The summed E-state index contributed by atoms with van der Waals surface area (Å²) in [5, 5.41) is 6.20. The molecule has 1 amide bonds. The summed E-state index contributed by atoms with van der Waals surface area (Å²) in [5.74, 6) is 1.29. The van der Waals surface area contributed by atoms with Crippen LogP contribution in [0, 0.1) is 17.3 Å². The standard InChI is InChI=1S/C12H24N2O/c1-9(12(2,3)4)6-14-11(15)5-10-7-13-8-10/h9-10,13H,5-8H2,1-4H3,(H,14,15). The highest BCUT2D eigenvalue weighted by Crippen LogP contribution is 2.24. The van der Waals surface area contributed by atoms with Crippen LogP contribution in [0.1, 0.15) is 34.1 Å². The summed E-state index contributed by atoms with van der Waals surface area (Å²) in [4.78, 5) is 11.5. The molecule has 1 heterocycles. The normalized spacial score (nSPS) is 19.5. The van der Waals surface area contributed by atoms with Crippen LogP contribution in [0.25, 0.3) is 0 Å². The highest BCUT2D eigenvalue weighted by Gasteiger charge is 2.22. The van der Waals surface area contributed by atoms with Gasteiger partial charge in [0.15, 0.2) is 0 Å². The van der Waals surface area contributed by atoms with Crippen molar-refractivity contribution in [2.45, 2.75) is 34.1 Å². The molecule has 1 aliphatic rings. The zero-order chi connectivity index (χ0) is 11.5. The fourth-order valence-corrected chi connectivity index (χ4v) is 1.40. The Labute approximate surface area is 93.0 Å². The number of hydrogen-bond donors (Lipinski definition) is 2. The summed E-state index contributed by atoms with van der Waals surface area (Å²) < 4.78 is 0. The van der Waals surface area contributed by atoms with Gasteiger partial charge in [0.05, 0.1) is 0 Å². The SMILES string of the molecule is CC(CNC(=O)CC1CNC1)C(C)(C)C. The van der Waals surface area contributed by atoms with Gasteiger partial charge in [0.1, 0.15) is 0 Å². The monoisotopic (exact) mass is 212 g/mol. The van der Waals surface area contributed by atoms with E-state index in [0.717, 1.165) is 19.6 Å². The number of carbonyl (C=O) groups excluding carboxylic acids is 1. The highest BCUT2D eigenvalue weighted by atomic mass is 16.1. The zero-order valence-electron chi connectivity index (χ0n) is 10.4. The molecule has 0 spiro atoms. The molecule has 3 nitrogen and oxygen atoms in total. The zero-order valence-corrected chi connectivity index (χ0v) is 10.4. The maximum atomic E-state index is 11.5. The number of carbonyl (C=O) groups is 1. The average Bonchev–Trinajstić information content (AvgIpc) is 2.05. The molecule has 0 aromatic heterocycles. The third-order valence-electron chi connectivity index (χ3n) is 3.42. The van der Waals surface area contributed by atoms with Crippen molar-refractivity contribution in [2.75, 3.05) is 19.6 Å². The topological polar surface area (TPSA) is 41.1 Å². The van der Waals surface area contributed by atoms with Crippen molar-refractivity contribution in [1.29, 1.82) is 0 Å². The van der Waals surface area contributed by atoms with Gasteiger partial charge in [-0.2, -0.15) is 0 Å². The largest absolute Gasteiger partial charge is 0.356 e. The van der Waals surface area contributed by atoms with Gasteiger partial charge >= 0.3 is 0 Å². The smallest absolute Gasteiger partial charge is 0.220 e. The Bertz CT molecular complexity index is 216. The van der Waals surface area contributed by atoms with Gasteiger partial charge in [-0.15, -0.1) is 0 Å². The van der Waals surface area contributed by atoms with Crippen molar-refractivity contribution in [3.8, 4) is 0 Å². The number of rotatable bonds is 4. The maximum Gasteiger partial charge on any atom is 0.220 e. The first-order chi connectivity index (χ1) is 6.89. The van der Waals surface area contributed by atoms with Crippen LogP contribution in [0.5, 0.6) is 0 Å². The molecular formula is C12H24N2O. The fourth-order valence-electron chi connectivity index (χ4n) is 1.40. The second-order valence-corrected chi connectivity index (χ2v) is 5.80. The van der Waals surface area contributed by atoms with E-state index in [-0.39, 0.29) is 11.3 Å². The van der Waals surface area contributed by atoms with Crippen molar-refractivity contribution in [2.24, 2.45) is 17.3 Å². The Morgan fingerprint density at radius 1 is 1.47 bits per heavy atom. The van der Waals surface area contributed by atoms with Gasteiger partial charge in [-0.05, 0) is 30.3 Å². The molecule has 88 valence electrons. The van der Waals surface area contributed by atoms with Crippen molar-refractivity contribution in [1.82, 2.24) is 10.6 Å². The van der Waals surface area contributed by atoms with Crippen molar-refractivity contribution in [3.63, 3.8) is 0 Å². The van der Waals surface area contributed by atoms with Crippen molar-refractivity contribution in [3.05, 3.63) is 0 Å². The van der Waals surface area contributed by atoms with E-state index in [0.29, 0.717) is 18.3 Å². The van der Waals surface area contributed by atoms with Crippen LogP contribution < -0.4 is 10.6 Å². The molecule has 15 heavy (non-hydrogen) atoms. The Morgan fingerprint density at radius 2 is 2.07 bits per heavy atom. The molecule has 0 aromatic rings. The molecule has 0 bridgehead atoms. The summed E-state index contributed by atoms with van der Waals surface area (Å²) in [6, 6.07) is 0. The molecule has 1 unspecified atom stereocenters. The van der Waals surface area contributed by atoms with E-state index in [4.69, 9.17) is 0 Å². The Hall–Kier alpha value is -0.570. The first-order valence-corrected chi connectivity index (χ1v) is 5.87. The van der Waals surface area contributed by atoms with Crippen LogP contribution >= 0.6 is 0 Å². The van der Waals surface area contributed by atoms with Crippen LogP contribution in [0.3, 0.4) is 0 Å². The lowest BCUT2D eigenvalue weighted by Gasteiger charge is -2.29. The van der Waals surface area contributed by atoms with Crippen LogP contribution in [0.4, 0.5) is 0 Å². The first kappa shape index (κ1) is 12.5. The molecule has 1 fully saturated rings. The van der Waals surface area contributed by atoms with Crippen LogP contribution in [0.15, 0.2) is 0 Å². The predicted molar refractivity (Wildman–Crippen MR) is 62.6 cm³/mol. The van der Waals surface area contributed by atoms with Gasteiger partial charge in [0.2, 0.25) is 5.91 Å². The summed E-state index contributed by atoms with van der Waals surface area (Å²) in [6.45, 7) is 11.6. The van der Waals surface area contributed by atoms with E-state index in [1.54, 1.807) is 0 Å². The molecule has 1 atom stereocenters. The predicted octanol–water partition coefficient (Wildman–Crippen LogP) is 1.39. The fraction of sp³-hybridized carbons (Fsp3) is 0.917. The molecule has 0 saturated carbocycles. The molecule has 1 aliphatic heterocycles. The maximum absolute atomic E-state index is 11.5. The van der Waals surface area contributed by atoms with E-state index in [1.807, 2.05) is 0 Å². The van der Waals surface area contributed by atoms with Gasteiger partial charge in [0, 0.05) is 13.0 Å². The molecule has 0 radical (unpaired) electrons. The van der Waals surface area contributed by atoms with Gasteiger partial charge in [0.25, 0.3) is 0 Å². The average molecular weight is 212 g/mol. The number of amides is 1. The van der Waals surface area contributed by atoms with Gasteiger partial charge in [-0.1, -0.05) is 27.7 Å². The Morgan fingerprint density at radius 3 is 2.47 bits per heavy atom. The molecule has 1 saturated heterocycles. The Kier molecular flexibility index (Phi) is 4.14. The summed E-state index contributed by atoms with van der Waals surface area (Å²) in [7, 11) is 0. The van der Waals surface area contributed by atoms with Crippen molar-refractivity contribution >= 4 is 5.91 Å². The second kappa shape index (κ2) is 4.97. The third kappa shape index (κ3) is 4.20. The second-order valence-electron chi connectivity index (χ2n) is 5.80. The van der Waals surface area contributed by atoms with Gasteiger partial charge in [-0.3, -0.25) is 4.79 Å². The molecule has 2 N–H and O–H groups in total. The van der Waals surface area contributed by atoms with E-state index >= 15 is 0 Å². The lowest BCUT2D eigenvalue weighted by Crippen LogP contribution is -2.45. The first-order valence-electron chi connectivity index (χ1n) is 5.87. The van der Waals surface area contributed by atoms with Gasteiger partial charge < -0.3 is 10.6 Å². The minimum atomic E-state index is 0.206. The van der Waals surface area contributed by atoms with E-state index in [9.17, 15) is 4.79 Å². The lowest BCUT2D eigenvalue weighted by atomic mass is 9.82. The molecule has 0 aliphatic carbocycles. The van der Waals surface area contributed by atoms with Crippen LogP contribution in [0.2, 0.25) is 0 Å². The minimum Gasteiger partial charge on any atom is -0.356 e. The van der Waals surface area contributed by atoms with Crippen molar-refractivity contribution < 1.29 is 4.79 Å². The van der Waals surface area contributed by atoms with Gasteiger partial charge in [-0.25, -0.2) is 0 Å². The minimum absolute atomic E-state index is 0.206. The molecular weight excluding hydrogens is 188 g/mol. The molecule has 0 aromatic carbocycles. The van der Waals surface area contributed by atoms with E-state index in [2.05, 4.69) is 38.3 Å². The lowest BCUT2D eigenvalue weighted by molar-refractivity contribution is -0.122. The van der Waals surface area contributed by atoms with Crippen LogP contribution in [-0.4, -0.2) is 25.5 Å². The summed E-state index contributed by atoms with van der Waals surface area (Å²) in [5.41, 5.74) is 0.269. The quantitative estimate of drug-likeness (QED) is 0.739. The molecule has 3 heteroatoms. The summed E-state index contributed by atoms with van der Waals surface area (Å²) in [6.07, 6.45) is 0.684. The Balaban J connectivity index is 2.15. The van der Waals surface area contributed by atoms with Crippen LogP contribution in [-0.2, 0) is 4.79 Å². The molecule has 1 rings (SSSR count). The summed E-state index contributed by atoms with van der Waals surface area (Å²) >= 11 is 0. The van der Waals surface area contributed by atoms with E-state index < -0.39 is 0 Å². The highest BCUT2D eigenvalue weighted by molar-refractivity contribution is 5.76. The van der Waals surface area contributed by atoms with E-state index in [1.165, 1.54) is 0 Å². The number of nitrogens with one attached hydrogen (secondary N) is 2.